The molecule has 0 aliphatic rings. The number of methoxy groups -OCH3 is 2. The quantitative estimate of drug-likeness (QED) is 0.468. The summed E-state index contributed by atoms with van der Waals surface area (Å²) in [5.74, 6) is 2.24. The molecule has 3 rings (SSSR count). The van der Waals surface area contributed by atoms with Gasteiger partial charge in [-0.25, -0.2) is 0 Å². The maximum atomic E-state index is 6.86. The van der Waals surface area contributed by atoms with Crippen molar-refractivity contribution in [2.45, 2.75) is 39.5 Å². The summed E-state index contributed by atoms with van der Waals surface area (Å²) < 4.78 is 11.4. The molecule has 0 heterocycles. The lowest BCUT2D eigenvalue weighted by atomic mass is 9.81. The summed E-state index contributed by atoms with van der Waals surface area (Å²) >= 11 is 0. The number of hydrogen-bond acceptors (Lipinski definition) is 3. The molecule has 0 aliphatic carbocycles. The van der Waals surface area contributed by atoms with E-state index in [4.69, 9.17) is 15.2 Å². The van der Waals surface area contributed by atoms with Crippen molar-refractivity contribution in [2.75, 3.05) is 20.0 Å². The molecule has 152 valence electrons. The van der Waals surface area contributed by atoms with Gasteiger partial charge in [0.15, 0.2) is 0 Å². The summed E-state index contributed by atoms with van der Waals surface area (Å²) in [7, 11) is 3.42. The van der Waals surface area contributed by atoms with Crippen LogP contribution in [0.3, 0.4) is 0 Å². The summed E-state index contributed by atoms with van der Waals surface area (Å²) in [6.45, 7) is 8.77. The fourth-order valence-corrected chi connectivity index (χ4v) is 4.16. The standard InChI is InChI=1S/C26H31NO2/c1-16(2)24-20(18-11-7-9-13-22(18)28-5)15-21(25(17(3)4)26(24)27)19-12-8-10-14-23(19)29-6/h7-17H,27H2,1-6H3. The van der Waals surface area contributed by atoms with Crippen LogP contribution in [-0.4, -0.2) is 14.2 Å². The highest BCUT2D eigenvalue weighted by Crippen LogP contribution is 2.47. The molecule has 0 bridgehead atoms. The number of anilines is 1. The van der Waals surface area contributed by atoms with E-state index < -0.39 is 0 Å². The Balaban J connectivity index is 2.45. The highest BCUT2D eigenvalue weighted by molar-refractivity contribution is 5.89. The average Bonchev–Trinajstić information content (AvgIpc) is 2.72. The van der Waals surface area contributed by atoms with Gasteiger partial charge in [-0.3, -0.25) is 0 Å². The number of benzene rings is 3. The third-order valence-corrected chi connectivity index (χ3v) is 5.40. The number of rotatable bonds is 6. The van der Waals surface area contributed by atoms with E-state index in [0.29, 0.717) is 0 Å². The van der Waals surface area contributed by atoms with Crippen LogP contribution < -0.4 is 15.2 Å². The Labute approximate surface area is 174 Å². The lowest BCUT2D eigenvalue weighted by molar-refractivity contribution is 0.416. The predicted molar refractivity (Wildman–Crippen MR) is 123 cm³/mol. The lowest BCUT2D eigenvalue weighted by Crippen LogP contribution is -2.08. The minimum absolute atomic E-state index is 0.277. The van der Waals surface area contributed by atoms with Crippen LogP contribution in [0.25, 0.3) is 22.3 Å². The van der Waals surface area contributed by atoms with Gasteiger partial charge in [-0.1, -0.05) is 64.1 Å². The summed E-state index contributed by atoms with van der Waals surface area (Å²) in [6.07, 6.45) is 0. The zero-order valence-electron chi connectivity index (χ0n) is 18.2. The van der Waals surface area contributed by atoms with Crippen molar-refractivity contribution >= 4 is 5.69 Å². The molecule has 0 amide bonds. The van der Waals surface area contributed by atoms with Crippen LogP contribution in [0, 0.1) is 0 Å². The van der Waals surface area contributed by atoms with Gasteiger partial charge in [0.25, 0.3) is 0 Å². The summed E-state index contributed by atoms with van der Waals surface area (Å²) in [6, 6.07) is 18.5. The first-order chi connectivity index (χ1) is 13.9. The third kappa shape index (κ3) is 3.82. The maximum absolute atomic E-state index is 6.86. The first kappa shape index (κ1) is 20.8. The van der Waals surface area contributed by atoms with Gasteiger partial charge >= 0.3 is 0 Å². The van der Waals surface area contributed by atoms with Crippen LogP contribution in [0.1, 0.15) is 50.7 Å². The largest absolute Gasteiger partial charge is 0.496 e. The van der Waals surface area contributed by atoms with Crippen molar-refractivity contribution in [1.82, 2.24) is 0 Å². The summed E-state index contributed by atoms with van der Waals surface area (Å²) in [5, 5.41) is 0. The first-order valence-corrected chi connectivity index (χ1v) is 10.1. The van der Waals surface area contributed by atoms with E-state index in [1.807, 2.05) is 36.4 Å². The van der Waals surface area contributed by atoms with E-state index in [-0.39, 0.29) is 11.8 Å². The molecule has 0 unspecified atom stereocenters. The van der Waals surface area contributed by atoms with Gasteiger partial charge in [0, 0.05) is 16.8 Å². The minimum atomic E-state index is 0.277. The predicted octanol–water partition coefficient (Wildman–Crippen LogP) is 6.87. The minimum Gasteiger partial charge on any atom is -0.496 e. The maximum Gasteiger partial charge on any atom is 0.126 e. The van der Waals surface area contributed by atoms with Gasteiger partial charge in [0.2, 0.25) is 0 Å². The zero-order valence-corrected chi connectivity index (χ0v) is 18.2. The van der Waals surface area contributed by atoms with E-state index in [0.717, 1.165) is 50.6 Å². The van der Waals surface area contributed by atoms with E-state index in [9.17, 15) is 0 Å². The van der Waals surface area contributed by atoms with Crippen molar-refractivity contribution < 1.29 is 9.47 Å². The number of nitrogen functional groups attached to an aromatic ring is 1. The molecule has 3 aromatic carbocycles. The SMILES string of the molecule is COc1ccccc1-c1cc(-c2ccccc2OC)c(C(C)C)c(N)c1C(C)C. The molecule has 3 aromatic rings. The highest BCUT2D eigenvalue weighted by Gasteiger charge is 2.24. The molecule has 3 heteroatoms. The van der Waals surface area contributed by atoms with Crippen LogP contribution in [0.15, 0.2) is 54.6 Å². The van der Waals surface area contributed by atoms with Crippen molar-refractivity contribution in [1.29, 1.82) is 0 Å². The Bertz CT molecular complexity index is 928. The topological polar surface area (TPSA) is 44.5 Å². The van der Waals surface area contributed by atoms with Gasteiger partial charge in [0.05, 0.1) is 14.2 Å². The van der Waals surface area contributed by atoms with E-state index in [2.05, 4.69) is 45.9 Å². The second-order valence-corrected chi connectivity index (χ2v) is 7.92. The number of hydrogen-bond donors (Lipinski definition) is 1. The molecule has 3 nitrogen and oxygen atoms in total. The molecule has 29 heavy (non-hydrogen) atoms. The molecule has 0 fully saturated rings. The molecule has 0 saturated carbocycles. The molecular formula is C26H31NO2. The first-order valence-electron chi connectivity index (χ1n) is 10.1. The van der Waals surface area contributed by atoms with E-state index in [1.54, 1.807) is 14.2 Å². The smallest absolute Gasteiger partial charge is 0.126 e. The molecule has 0 atom stereocenters. The van der Waals surface area contributed by atoms with Crippen LogP contribution in [-0.2, 0) is 0 Å². The molecule has 0 spiro atoms. The van der Waals surface area contributed by atoms with Crippen molar-refractivity contribution in [2.24, 2.45) is 0 Å². The van der Waals surface area contributed by atoms with Crippen LogP contribution in [0.4, 0.5) is 5.69 Å². The fraction of sp³-hybridized carbons (Fsp3) is 0.308. The van der Waals surface area contributed by atoms with Gasteiger partial charge < -0.3 is 15.2 Å². The molecule has 0 saturated heterocycles. The number of para-hydroxylation sites is 2. The van der Waals surface area contributed by atoms with Crippen LogP contribution >= 0.6 is 0 Å². The molecule has 0 radical (unpaired) electrons. The molecule has 0 aliphatic heterocycles. The Morgan fingerprint density at radius 1 is 0.621 bits per heavy atom. The molecular weight excluding hydrogens is 358 g/mol. The van der Waals surface area contributed by atoms with Crippen molar-refractivity contribution in [3.05, 3.63) is 65.7 Å². The van der Waals surface area contributed by atoms with E-state index in [1.165, 1.54) is 0 Å². The molecule has 2 N–H and O–H groups in total. The number of nitrogens with two attached hydrogens (primary N) is 1. The normalized spacial score (nSPS) is 11.2. The monoisotopic (exact) mass is 389 g/mol. The summed E-state index contributed by atoms with van der Waals surface area (Å²) in [5.41, 5.74) is 14.4. The highest BCUT2D eigenvalue weighted by atomic mass is 16.5. The Kier molecular flexibility index (Phi) is 6.17. The second kappa shape index (κ2) is 8.60. The zero-order chi connectivity index (χ0) is 21.1. The Hall–Kier alpha value is -2.94. The Morgan fingerprint density at radius 2 is 1.00 bits per heavy atom. The number of ether oxygens (including phenoxy) is 2. The van der Waals surface area contributed by atoms with Crippen LogP contribution in [0.2, 0.25) is 0 Å². The van der Waals surface area contributed by atoms with Crippen molar-refractivity contribution in [3.63, 3.8) is 0 Å². The Morgan fingerprint density at radius 3 is 1.34 bits per heavy atom. The second-order valence-electron chi connectivity index (χ2n) is 7.92. The fourth-order valence-electron chi connectivity index (χ4n) is 4.16. The van der Waals surface area contributed by atoms with Gasteiger partial charge in [-0.2, -0.15) is 0 Å². The van der Waals surface area contributed by atoms with Gasteiger partial charge in [0.1, 0.15) is 11.5 Å². The van der Waals surface area contributed by atoms with Gasteiger partial charge in [-0.15, -0.1) is 0 Å². The van der Waals surface area contributed by atoms with Gasteiger partial charge in [-0.05, 0) is 52.3 Å². The lowest BCUT2D eigenvalue weighted by Gasteiger charge is -2.26. The van der Waals surface area contributed by atoms with E-state index >= 15 is 0 Å². The molecule has 0 aromatic heterocycles. The third-order valence-electron chi connectivity index (χ3n) is 5.40. The summed E-state index contributed by atoms with van der Waals surface area (Å²) in [4.78, 5) is 0. The van der Waals surface area contributed by atoms with Crippen LogP contribution in [0.5, 0.6) is 11.5 Å². The average molecular weight is 390 g/mol. The van der Waals surface area contributed by atoms with Crippen molar-refractivity contribution in [3.8, 4) is 33.8 Å².